The van der Waals surface area contributed by atoms with Crippen LogP contribution in [0.3, 0.4) is 0 Å². The van der Waals surface area contributed by atoms with Crippen LogP contribution >= 0.6 is 11.3 Å². The number of methoxy groups -OCH3 is 1. The lowest BCUT2D eigenvalue weighted by atomic mass is 10.2. The Hall–Kier alpha value is -0.940. The van der Waals surface area contributed by atoms with Crippen molar-refractivity contribution in [2.24, 2.45) is 5.92 Å². The average Bonchev–Trinajstić information content (AvgIpc) is 3.08. The third kappa shape index (κ3) is 2.66. The van der Waals surface area contributed by atoms with Gasteiger partial charge in [-0.05, 0) is 32.6 Å². The molecule has 1 aromatic rings. The molecule has 1 unspecified atom stereocenters. The van der Waals surface area contributed by atoms with Gasteiger partial charge < -0.3 is 9.47 Å². The number of aromatic nitrogens is 1. The molecule has 1 aliphatic rings. The van der Waals surface area contributed by atoms with E-state index in [2.05, 4.69) is 4.98 Å². The molecule has 1 atom stereocenters. The number of hydrogen-bond acceptors (Lipinski definition) is 5. The van der Waals surface area contributed by atoms with E-state index in [4.69, 9.17) is 9.47 Å². The van der Waals surface area contributed by atoms with Crippen LogP contribution in [0.2, 0.25) is 0 Å². The van der Waals surface area contributed by atoms with Gasteiger partial charge in [0.1, 0.15) is 11.1 Å². The van der Waals surface area contributed by atoms with Gasteiger partial charge in [-0.25, -0.2) is 9.78 Å². The molecule has 94 valence electrons. The van der Waals surface area contributed by atoms with Crippen LogP contribution in [0, 0.1) is 12.8 Å². The molecule has 0 radical (unpaired) electrons. The van der Waals surface area contributed by atoms with Crippen molar-refractivity contribution >= 4 is 17.3 Å². The number of nitrogens with zero attached hydrogens (tertiary/aromatic N) is 1. The summed E-state index contributed by atoms with van der Waals surface area (Å²) >= 11 is 1.54. The van der Waals surface area contributed by atoms with Gasteiger partial charge in [0.05, 0.1) is 7.11 Å². The summed E-state index contributed by atoms with van der Waals surface area (Å²) in [5, 5.41) is 0.909. The van der Waals surface area contributed by atoms with Crippen molar-refractivity contribution in [1.82, 2.24) is 4.98 Å². The highest BCUT2D eigenvalue weighted by atomic mass is 32.1. The van der Waals surface area contributed by atoms with E-state index in [0.717, 1.165) is 9.88 Å². The summed E-state index contributed by atoms with van der Waals surface area (Å²) in [7, 11) is 1.38. The first-order chi connectivity index (χ1) is 8.17. The topological polar surface area (TPSA) is 48.4 Å². The highest BCUT2D eigenvalue weighted by Crippen LogP contribution is 2.44. The molecular weight excluding hydrogens is 238 g/mol. The van der Waals surface area contributed by atoms with Crippen LogP contribution in [0.4, 0.5) is 0 Å². The second-order valence-corrected chi connectivity index (χ2v) is 5.40. The lowest BCUT2D eigenvalue weighted by molar-refractivity contribution is 0.0456. The number of carbonyl (C=O) groups excluding carboxylic acids is 1. The Kier molecular flexibility index (Phi) is 3.79. The maximum Gasteiger partial charge on any atom is 0.357 e. The minimum Gasteiger partial charge on any atom is -0.464 e. The monoisotopic (exact) mass is 255 g/mol. The summed E-state index contributed by atoms with van der Waals surface area (Å²) in [6, 6.07) is 0. The molecule has 17 heavy (non-hydrogen) atoms. The second-order valence-electron chi connectivity index (χ2n) is 4.16. The highest BCUT2D eigenvalue weighted by Gasteiger charge is 2.35. The van der Waals surface area contributed by atoms with Gasteiger partial charge in [0.15, 0.2) is 5.69 Å². The van der Waals surface area contributed by atoms with Gasteiger partial charge in [0.25, 0.3) is 0 Å². The zero-order chi connectivity index (χ0) is 12.4. The third-order valence-electron chi connectivity index (χ3n) is 2.83. The van der Waals surface area contributed by atoms with E-state index in [1.165, 1.54) is 31.3 Å². The van der Waals surface area contributed by atoms with Gasteiger partial charge in [-0.15, -0.1) is 11.3 Å². The summed E-state index contributed by atoms with van der Waals surface area (Å²) in [6.07, 6.45) is 2.44. The van der Waals surface area contributed by atoms with E-state index in [-0.39, 0.29) is 12.1 Å². The molecule has 1 aromatic heterocycles. The van der Waals surface area contributed by atoms with Crippen LogP contribution in [0.5, 0.6) is 0 Å². The number of ether oxygens (including phenoxy) is 2. The number of thiazole rings is 1. The number of carbonyl (C=O) groups is 1. The van der Waals surface area contributed by atoms with Crippen molar-refractivity contribution in [3.8, 4) is 0 Å². The van der Waals surface area contributed by atoms with E-state index < -0.39 is 0 Å². The normalized spacial score (nSPS) is 16.9. The molecule has 1 aliphatic carbocycles. The molecule has 0 saturated heterocycles. The largest absolute Gasteiger partial charge is 0.464 e. The van der Waals surface area contributed by atoms with Crippen LogP contribution in [-0.2, 0) is 9.47 Å². The summed E-state index contributed by atoms with van der Waals surface area (Å²) in [6.45, 7) is 4.55. The number of aryl methyl sites for hydroxylation is 1. The molecule has 0 spiro atoms. The Balaban J connectivity index is 2.22. The Morgan fingerprint density at radius 3 is 2.82 bits per heavy atom. The van der Waals surface area contributed by atoms with Crippen LogP contribution < -0.4 is 0 Å². The zero-order valence-corrected chi connectivity index (χ0v) is 11.2. The number of esters is 1. The SMILES string of the molecule is CCOC(c1nc(C(=O)OC)c(C)s1)C1CC1. The second kappa shape index (κ2) is 5.14. The van der Waals surface area contributed by atoms with Gasteiger partial charge >= 0.3 is 5.97 Å². The van der Waals surface area contributed by atoms with Crippen molar-refractivity contribution < 1.29 is 14.3 Å². The zero-order valence-electron chi connectivity index (χ0n) is 10.4. The molecule has 1 saturated carbocycles. The molecule has 2 rings (SSSR count). The predicted octanol–water partition coefficient (Wildman–Crippen LogP) is 2.73. The third-order valence-corrected chi connectivity index (χ3v) is 3.86. The minimum absolute atomic E-state index is 0.0575. The van der Waals surface area contributed by atoms with Gasteiger partial charge in [-0.2, -0.15) is 0 Å². The molecule has 5 heteroatoms. The van der Waals surface area contributed by atoms with Gasteiger partial charge in [0.2, 0.25) is 0 Å². The molecular formula is C12H17NO3S. The first kappa shape index (κ1) is 12.5. The lowest BCUT2D eigenvalue weighted by Gasteiger charge is -2.12. The fourth-order valence-corrected chi connectivity index (χ4v) is 2.87. The Bertz CT molecular complexity index is 412. The fourth-order valence-electron chi connectivity index (χ4n) is 1.81. The van der Waals surface area contributed by atoms with Crippen molar-refractivity contribution in [3.63, 3.8) is 0 Å². The summed E-state index contributed by atoms with van der Waals surface area (Å²) in [4.78, 5) is 16.8. The van der Waals surface area contributed by atoms with E-state index in [1.807, 2.05) is 13.8 Å². The van der Waals surface area contributed by atoms with Crippen LogP contribution in [0.15, 0.2) is 0 Å². The standard InChI is InChI=1S/C12H17NO3S/c1-4-16-10(8-5-6-8)11-13-9(7(2)17-11)12(14)15-3/h8,10H,4-6H2,1-3H3. The summed E-state index contributed by atoms with van der Waals surface area (Å²) < 4.78 is 10.4. The Morgan fingerprint density at radius 2 is 2.29 bits per heavy atom. The molecule has 0 aliphatic heterocycles. The quantitative estimate of drug-likeness (QED) is 0.759. The fraction of sp³-hybridized carbons (Fsp3) is 0.667. The van der Waals surface area contributed by atoms with Crippen molar-refractivity contribution in [2.45, 2.75) is 32.8 Å². The van der Waals surface area contributed by atoms with Gasteiger partial charge in [0, 0.05) is 11.5 Å². The lowest BCUT2D eigenvalue weighted by Crippen LogP contribution is -2.08. The maximum atomic E-state index is 11.5. The predicted molar refractivity (Wildman–Crippen MR) is 65.3 cm³/mol. The summed E-state index contributed by atoms with van der Waals surface area (Å²) in [5.41, 5.74) is 0.429. The molecule has 0 aromatic carbocycles. The molecule has 0 amide bonds. The Morgan fingerprint density at radius 1 is 1.59 bits per heavy atom. The van der Waals surface area contributed by atoms with Crippen LogP contribution in [-0.4, -0.2) is 24.7 Å². The van der Waals surface area contributed by atoms with E-state index in [9.17, 15) is 4.79 Å². The van der Waals surface area contributed by atoms with Crippen molar-refractivity contribution in [1.29, 1.82) is 0 Å². The summed E-state index contributed by atoms with van der Waals surface area (Å²) in [5.74, 6) is 0.210. The Labute approximate surface area is 105 Å². The van der Waals surface area contributed by atoms with Gasteiger partial charge in [-0.3, -0.25) is 0 Å². The maximum absolute atomic E-state index is 11.5. The number of rotatable bonds is 5. The van der Waals surface area contributed by atoms with Gasteiger partial charge in [-0.1, -0.05) is 0 Å². The van der Waals surface area contributed by atoms with Crippen molar-refractivity contribution in [2.75, 3.05) is 13.7 Å². The molecule has 0 N–H and O–H groups in total. The molecule has 1 heterocycles. The average molecular weight is 255 g/mol. The van der Waals surface area contributed by atoms with E-state index in [1.54, 1.807) is 0 Å². The molecule has 4 nitrogen and oxygen atoms in total. The first-order valence-electron chi connectivity index (χ1n) is 5.84. The smallest absolute Gasteiger partial charge is 0.357 e. The highest BCUT2D eigenvalue weighted by molar-refractivity contribution is 7.11. The minimum atomic E-state index is -0.365. The van der Waals surface area contributed by atoms with E-state index >= 15 is 0 Å². The number of hydrogen-bond donors (Lipinski definition) is 0. The molecule has 1 fully saturated rings. The first-order valence-corrected chi connectivity index (χ1v) is 6.66. The van der Waals surface area contributed by atoms with Crippen LogP contribution in [0.25, 0.3) is 0 Å². The van der Waals surface area contributed by atoms with E-state index in [0.29, 0.717) is 18.2 Å². The van der Waals surface area contributed by atoms with Crippen molar-refractivity contribution in [3.05, 3.63) is 15.6 Å². The van der Waals surface area contributed by atoms with Crippen LogP contribution in [0.1, 0.15) is 46.2 Å². The molecule has 0 bridgehead atoms.